The fraction of sp³-hybridized carbons (Fsp3) is 0.750. The third-order valence-electron chi connectivity index (χ3n) is 5.19. The monoisotopic (exact) mass is 650 g/mol. The van der Waals surface area contributed by atoms with Crippen LogP contribution >= 0.6 is 0 Å². The average Bonchev–Trinajstić information content (AvgIpc) is 3.20. The van der Waals surface area contributed by atoms with E-state index in [1.54, 1.807) is 39.3 Å². The number of halogens is 12. The van der Waals surface area contributed by atoms with E-state index in [0.717, 1.165) is 0 Å². The van der Waals surface area contributed by atoms with Crippen molar-refractivity contribution in [2.75, 3.05) is 12.6 Å². The maximum atomic E-state index is 15.0. The van der Waals surface area contributed by atoms with Gasteiger partial charge in [-0.3, -0.25) is 8.50 Å². The second-order valence-corrected chi connectivity index (χ2v) is 42.9. The van der Waals surface area contributed by atoms with Crippen LogP contribution in [0.2, 0.25) is 39.3 Å². The molecule has 2 rings (SSSR count). The van der Waals surface area contributed by atoms with Gasteiger partial charge in [0.1, 0.15) is 30.9 Å². The third-order valence-corrected chi connectivity index (χ3v) is 39.9. The fourth-order valence-corrected chi connectivity index (χ4v) is 54.2. The first-order valence-electron chi connectivity index (χ1n) is 10.4. The van der Waals surface area contributed by atoms with Crippen LogP contribution in [0.25, 0.3) is 0 Å². The molecular formula is C16H30F12O2Si6. The summed E-state index contributed by atoms with van der Waals surface area (Å²) in [5.74, 6) is -2.93. The number of rotatable bonds is 7. The van der Waals surface area contributed by atoms with E-state index >= 15 is 0 Å². The van der Waals surface area contributed by atoms with E-state index in [2.05, 4.69) is 6.58 Å². The Labute approximate surface area is 209 Å². The Morgan fingerprint density at radius 3 is 1.69 bits per heavy atom. The van der Waals surface area contributed by atoms with E-state index in [0.29, 0.717) is 0 Å². The molecule has 0 saturated carbocycles. The smallest absolute Gasteiger partial charge is 0.430 e. The van der Waals surface area contributed by atoms with Crippen LogP contribution in [-0.2, 0) is 4.12 Å². The van der Waals surface area contributed by atoms with Gasteiger partial charge in [0.15, 0.2) is 19.4 Å². The number of alkyl halides is 8. The molecule has 1 fully saturated rings. The molecule has 0 radical (unpaired) electrons. The summed E-state index contributed by atoms with van der Waals surface area (Å²) in [4.78, 5) is 10.4. The molecule has 0 spiro atoms. The van der Waals surface area contributed by atoms with Crippen molar-refractivity contribution in [3.8, 4) is 0 Å². The van der Waals surface area contributed by atoms with Crippen molar-refractivity contribution in [2.45, 2.75) is 62.0 Å². The zero-order chi connectivity index (χ0) is 29.3. The van der Waals surface area contributed by atoms with E-state index in [1.165, 1.54) is 0 Å². The molecule has 4 unspecified atom stereocenters. The third kappa shape index (κ3) is 8.69. The molecule has 2 aliphatic rings. The van der Waals surface area contributed by atoms with Crippen LogP contribution < -0.4 is 0 Å². The van der Waals surface area contributed by atoms with E-state index in [4.69, 9.17) is 4.12 Å². The van der Waals surface area contributed by atoms with Crippen LogP contribution in [0, 0.1) is 0 Å². The Bertz CT molecular complexity index is 822. The second kappa shape index (κ2) is 11.5. The van der Waals surface area contributed by atoms with Gasteiger partial charge in [0, 0.05) is 14.0 Å². The summed E-state index contributed by atoms with van der Waals surface area (Å²) in [5, 5.41) is -3.19. The SMILES string of the molecule is C=C(F)CC1(F)C(F)=C(F)[SiH]([Si](C)(C)C)C2(F)[SiH2][Si]12O.C[Si](C)(C)O[Si](F)(CF)CF.FC(F)(F)F. The zero-order valence-electron chi connectivity index (χ0n) is 20.5. The van der Waals surface area contributed by atoms with Crippen molar-refractivity contribution < 1.29 is 61.3 Å². The number of fused-ring (bicyclic) bond motifs is 1. The van der Waals surface area contributed by atoms with Crippen LogP contribution in [0.15, 0.2) is 23.7 Å². The van der Waals surface area contributed by atoms with Crippen molar-refractivity contribution >= 4 is 49.7 Å². The van der Waals surface area contributed by atoms with E-state index in [1.807, 2.05) is 0 Å². The van der Waals surface area contributed by atoms with Crippen molar-refractivity contribution in [1.29, 1.82) is 0 Å². The van der Waals surface area contributed by atoms with Crippen LogP contribution in [0.3, 0.4) is 0 Å². The summed E-state index contributed by atoms with van der Waals surface area (Å²) in [6.07, 6.45) is -9.23. The first-order chi connectivity index (χ1) is 15.6. The van der Waals surface area contributed by atoms with Crippen molar-refractivity contribution in [1.82, 2.24) is 0 Å². The highest BCUT2D eigenvalue weighted by Crippen LogP contribution is 2.60. The molecule has 0 amide bonds. The molecule has 0 aromatic rings. The topological polar surface area (TPSA) is 29.5 Å². The summed E-state index contributed by atoms with van der Waals surface area (Å²) < 4.78 is 149. The summed E-state index contributed by atoms with van der Waals surface area (Å²) in [6.45, 7) is 13.1. The largest absolute Gasteiger partial charge is 0.559 e. The minimum Gasteiger partial charge on any atom is -0.430 e. The minimum atomic E-state index is -5.50. The number of hydrogen-bond acceptors (Lipinski definition) is 2. The summed E-state index contributed by atoms with van der Waals surface area (Å²) in [5.41, 5.74) is -1.32. The molecular weight excluding hydrogens is 621 g/mol. The van der Waals surface area contributed by atoms with Crippen LogP contribution in [0.1, 0.15) is 6.42 Å². The van der Waals surface area contributed by atoms with Gasteiger partial charge in [-0.05, 0) is 19.6 Å². The average molecular weight is 651 g/mol. The standard InChI is InChI=1S/C10H17F5OSi4.C5H13F3OSi2.CF4/c1-6(11)5-9(14)7(12)8(13)18(19(2,3)4)10(15)17-20(9,10)16;1-10(2,3)9-11(8,4-6)5-7;2-1(3,4)5/h16,18H,1,5,17H2,2-4H3;4-5H2,1-3H3;. The highest BCUT2D eigenvalue weighted by molar-refractivity contribution is 7.58. The molecule has 1 saturated heterocycles. The Kier molecular flexibility index (Phi) is 11.5. The fourth-order valence-electron chi connectivity index (χ4n) is 4.03. The molecule has 20 heteroatoms. The molecule has 0 bridgehead atoms. The molecule has 0 aromatic carbocycles. The second-order valence-electron chi connectivity index (χ2n) is 10.6. The molecule has 0 aliphatic carbocycles. The van der Waals surface area contributed by atoms with Gasteiger partial charge in [-0.2, -0.15) is 0 Å². The summed E-state index contributed by atoms with van der Waals surface area (Å²) in [7, 11) is -17.8. The van der Waals surface area contributed by atoms with Gasteiger partial charge in [0.2, 0.25) is 7.83 Å². The molecule has 4 atom stereocenters. The van der Waals surface area contributed by atoms with Crippen molar-refractivity contribution in [2.24, 2.45) is 0 Å². The Hall–Kier alpha value is -0.139. The van der Waals surface area contributed by atoms with E-state index in [9.17, 15) is 57.2 Å². The number of hydrogen-bond donors (Lipinski definition) is 1. The van der Waals surface area contributed by atoms with Crippen LogP contribution in [0.4, 0.5) is 52.4 Å². The molecule has 214 valence electrons. The first kappa shape index (κ1) is 35.9. The van der Waals surface area contributed by atoms with E-state index in [-0.39, 0.29) is 0 Å². The highest BCUT2D eigenvalue weighted by Gasteiger charge is 2.89. The number of allylic oxidation sites excluding steroid dienone is 2. The molecule has 2 nitrogen and oxygen atoms in total. The zero-order valence-corrected chi connectivity index (χ0v) is 27.1. The quantitative estimate of drug-likeness (QED) is 0.222. The van der Waals surface area contributed by atoms with E-state index < -0.39 is 102 Å². The summed E-state index contributed by atoms with van der Waals surface area (Å²) >= 11 is 0. The first-order valence-corrected chi connectivity index (χ1v) is 27.5. The maximum Gasteiger partial charge on any atom is 0.559 e. The molecule has 2 aliphatic heterocycles. The lowest BCUT2D eigenvalue weighted by molar-refractivity contribution is -0.237. The van der Waals surface area contributed by atoms with Crippen molar-refractivity contribution in [3.63, 3.8) is 0 Å². The highest BCUT2D eigenvalue weighted by atomic mass is 29.3. The molecule has 1 N–H and O–H groups in total. The van der Waals surface area contributed by atoms with Gasteiger partial charge < -0.3 is 8.91 Å². The Morgan fingerprint density at radius 2 is 1.44 bits per heavy atom. The molecule has 36 heavy (non-hydrogen) atoms. The van der Waals surface area contributed by atoms with Gasteiger partial charge in [-0.25, -0.2) is 26.3 Å². The van der Waals surface area contributed by atoms with Crippen LogP contribution in [-0.4, -0.2) is 83.4 Å². The predicted molar refractivity (Wildman–Crippen MR) is 129 cm³/mol. The van der Waals surface area contributed by atoms with Gasteiger partial charge in [0.05, 0.1) is 14.9 Å². The maximum absolute atomic E-state index is 15.0. The lowest BCUT2D eigenvalue weighted by Crippen LogP contribution is -2.66. The minimum absolute atomic E-state index is 1.17. The normalized spacial score (nSPS) is 31.1. The van der Waals surface area contributed by atoms with Crippen LogP contribution in [0.5, 0.6) is 0 Å². The molecule has 2 heterocycles. The Morgan fingerprint density at radius 1 is 1.06 bits per heavy atom. The van der Waals surface area contributed by atoms with Gasteiger partial charge >= 0.3 is 15.1 Å². The molecule has 0 aromatic heterocycles. The lowest BCUT2D eigenvalue weighted by atomic mass is 10.2. The predicted octanol–water partition coefficient (Wildman–Crippen LogP) is 5.56. The summed E-state index contributed by atoms with van der Waals surface area (Å²) in [6, 6.07) is 0. The van der Waals surface area contributed by atoms with Gasteiger partial charge in [0.25, 0.3) is 0 Å². The van der Waals surface area contributed by atoms with Gasteiger partial charge in [-0.15, -0.1) is 17.6 Å². The van der Waals surface area contributed by atoms with Crippen molar-refractivity contribution in [3.05, 3.63) is 23.7 Å². The lowest BCUT2D eigenvalue weighted by Gasteiger charge is -2.40. The Balaban J connectivity index is 0.000000645. The van der Waals surface area contributed by atoms with Gasteiger partial charge in [-0.1, -0.05) is 26.2 Å².